The molecule has 1 aliphatic rings. The van der Waals surface area contributed by atoms with Gasteiger partial charge in [0.25, 0.3) is 0 Å². The number of benzene rings is 1. The van der Waals surface area contributed by atoms with Crippen LogP contribution >= 0.6 is 0 Å². The van der Waals surface area contributed by atoms with Crippen molar-refractivity contribution in [1.82, 2.24) is 0 Å². The molecule has 2 N–H and O–H groups in total. The molecule has 3 heteroatoms. The predicted molar refractivity (Wildman–Crippen MR) is 60.0 cm³/mol. The third kappa shape index (κ3) is 1.84. The van der Waals surface area contributed by atoms with Gasteiger partial charge in [0.1, 0.15) is 11.6 Å². The molecule has 0 heterocycles. The average Bonchev–Trinajstić information content (AvgIpc) is 2.27. The molecule has 0 aliphatic heterocycles. The first-order chi connectivity index (χ1) is 7.54. The Hall–Kier alpha value is -0.960. The van der Waals surface area contributed by atoms with Crippen LogP contribution in [0, 0.1) is 18.6 Å². The summed E-state index contributed by atoms with van der Waals surface area (Å²) in [7, 11) is 0. The average molecular weight is 225 g/mol. The van der Waals surface area contributed by atoms with E-state index in [4.69, 9.17) is 5.73 Å². The normalized spacial score (nSPS) is 19.8. The van der Waals surface area contributed by atoms with Crippen LogP contribution in [0.25, 0.3) is 0 Å². The number of nitrogens with two attached hydrogens (primary N) is 1. The fourth-order valence-corrected chi connectivity index (χ4v) is 2.50. The first kappa shape index (κ1) is 11.5. The molecule has 0 unspecified atom stereocenters. The Labute approximate surface area is 94.7 Å². The fraction of sp³-hybridized carbons (Fsp3) is 0.538. The first-order valence-electron chi connectivity index (χ1n) is 5.78. The zero-order valence-corrected chi connectivity index (χ0v) is 9.52. The number of halogens is 2. The van der Waals surface area contributed by atoms with Gasteiger partial charge in [-0.3, -0.25) is 0 Å². The Morgan fingerprint density at radius 3 is 2.38 bits per heavy atom. The van der Waals surface area contributed by atoms with Crippen LogP contribution in [0.1, 0.15) is 43.2 Å². The lowest BCUT2D eigenvalue weighted by Crippen LogP contribution is -2.39. The molecule has 1 aliphatic carbocycles. The Balaban J connectivity index is 2.43. The van der Waals surface area contributed by atoms with E-state index < -0.39 is 17.2 Å². The second-order valence-corrected chi connectivity index (χ2v) is 4.75. The molecule has 0 amide bonds. The number of hydrogen-bond donors (Lipinski definition) is 1. The summed E-state index contributed by atoms with van der Waals surface area (Å²) in [4.78, 5) is 0. The summed E-state index contributed by atoms with van der Waals surface area (Å²) in [6.45, 7) is 1.46. The molecule has 0 atom stereocenters. The topological polar surface area (TPSA) is 26.0 Å². The molecular weight excluding hydrogens is 208 g/mol. The highest BCUT2D eigenvalue weighted by Gasteiger charge is 2.32. The fourth-order valence-electron chi connectivity index (χ4n) is 2.50. The van der Waals surface area contributed by atoms with Crippen molar-refractivity contribution in [2.45, 2.75) is 44.6 Å². The van der Waals surface area contributed by atoms with E-state index >= 15 is 0 Å². The molecule has 1 nitrogen and oxygen atoms in total. The number of hydrogen-bond acceptors (Lipinski definition) is 1. The highest BCUT2D eigenvalue weighted by atomic mass is 19.1. The zero-order chi connectivity index (χ0) is 11.8. The quantitative estimate of drug-likeness (QED) is 0.779. The van der Waals surface area contributed by atoms with Gasteiger partial charge in [0.05, 0.1) is 0 Å². The molecule has 1 saturated carbocycles. The Morgan fingerprint density at radius 2 is 1.75 bits per heavy atom. The predicted octanol–water partition coefficient (Wildman–Crippen LogP) is 3.39. The van der Waals surface area contributed by atoms with Gasteiger partial charge in [-0.25, -0.2) is 8.78 Å². The van der Waals surface area contributed by atoms with Crippen LogP contribution in [-0.2, 0) is 5.54 Å². The molecule has 0 radical (unpaired) electrons. The lowest BCUT2D eigenvalue weighted by atomic mass is 9.77. The molecule has 2 rings (SSSR count). The van der Waals surface area contributed by atoms with Crippen molar-refractivity contribution in [3.8, 4) is 0 Å². The van der Waals surface area contributed by atoms with Crippen molar-refractivity contribution in [3.05, 3.63) is 34.9 Å². The molecule has 0 spiro atoms. The molecule has 1 fully saturated rings. The molecule has 0 aromatic heterocycles. The standard InChI is InChI=1S/C13H17F2N/c1-9-11(14)6-5-10(12(9)15)13(16)7-3-2-4-8-13/h5-6H,2-4,7-8,16H2,1H3. The van der Waals surface area contributed by atoms with E-state index in [9.17, 15) is 8.78 Å². The van der Waals surface area contributed by atoms with Crippen molar-refractivity contribution >= 4 is 0 Å². The van der Waals surface area contributed by atoms with E-state index in [1.165, 1.54) is 19.1 Å². The summed E-state index contributed by atoms with van der Waals surface area (Å²) < 4.78 is 27.1. The van der Waals surface area contributed by atoms with Gasteiger partial charge in [-0.05, 0) is 25.8 Å². The highest BCUT2D eigenvalue weighted by Crippen LogP contribution is 2.36. The van der Waals surface area contributed by atoms with Gasteiger partial charge >= 0.3 is 0 Å². The molecule has 0 bridgehead atoms. The van der Waals surface area contributed by atoms with Gasteiger partial charge in [0.2, 0.25) is 0 Å². The lowest BCUT2D eigenvalue weighted by Gasteiger charge is -2.34. The van der Waals surface area contributed by atoms with Crippen LogP contribution in [0.4, 0.5) is 8.78 Å². The summed E-state index contributed by atoms with van der Waals surface area (Å²) in [5.41, 5.74) is 6.20. The van der Waals surface area contributed by atoms with Crippen LogP contribution in [0.3, 0.4) is 0 Å². The van der Waals surface area contributed by atoms with Crippen molar-refractivity contribution in [2.24, 2.45) is 5.73 Å². The maximum Gasteiger partial charge on any atom is 0.134 e. The van der Waals surface area contributed by atoms with Gasteiger partial charge in [-0.2, -0.15) is 0 Å². The third-order valence-electron chi connectivity index (χ3n) is 3.60. The molecule has 88 valence electrons. The first-order valence-corrected chi connectivity index (χ1v) is 5.78. The molecule has 0 saturated heterocycles. The number of rotatable bonds is 1. The van der Waals surface area contributed by atoms with Gasteiger partial charge in [0, 0.05) is 16.7 Å². The third-order valence-corrected chi connectivity index (χ3v) is 3.60. The minimum absolute atomic E-state index is 0.0768. The van der Waals surface area contributed by atoms with Gasteiger partial charge in [0.15, 0.2) is 0 Å². The van der Waals surface area contributed by atoms with E-state index in [2.05, 4.69) is 0 Å². The van der Waals surface area contributed by atoms with Gasteiger partial charge in [-0.1, -0.05) is 25.3 Å². The SMILES string of the molecule is Cc1c(F)ccc(C2(N)CCCCC2)c1F. The highest BCUT2D eigenvalue weighted by molar-refractivity contribution is 5.32. The van der Waals surface area contributed by atoms with E-state index in [0.717, 1.165) is 32.1 Å². The van der Waals surface area contributed by atoms with E-state index in [-0.39, 0.29) is 5.56 Å². The zero-order valence-electron chi connectivity index (χ0n) is 9.52. The van der Waals surface area contributed by atoms with Gasteiger partial charge < -0.3 is 5.73 Å². The Kier molecular flexibility index (Phi) is 2.98. The smallest absolute Gasteiger partial charge is 0.134 e. The van der Waals surface area contributed by atoms with Crippen molar-refractivity contribution in [1.29, 1.82) is 0 Å². The van der Waals surface area contributed by atoms with Crippen LogP contribution in [0.2, 0.25) is 0 Å². The summed E-state index contributed by atoms with van der Waals surface area (Å²) in [6, 6.07) is 2.82. The largest absolute Gasteiger partial charge is 0.321 e. The maximum atomic E-state index is 14.0. The van der Waals surface area contributed by atoms with E-state index in [1.807, 2.05) is 0 Å². The summed E-state index contributed by atoms with van der Waals surface area (Å²) in [6.07, 6.45) is 4.77. The van der Waals surface area contributed by atoms with Crippen molar-refractivity contribution in [2.75, 3.05) is 0 Å². The minimum Gasteiger partial charge on any atom is -0.321 e. The monoisotopic (exact) mass is 225 g/mol. The summed E-state index contributed by atoms with van der Waals surface area (Å²) >= 11 is 0. The van der Waals surface area contributed by atoms with E-state index in [0.29, 0.717) is 5.56 Å². The second-order valence-electron chi connectivity index (χ2n) is 4.75. The Bertz CT molecular complexity index is 395. The van der Waals surface area contributed by atoms with Crippen molar-refractivity contribution < 1.29 is 8.78 Å². The van der Waals surface area contributed by atoms with Crippen LogP contribution in [0.15, 0.2) is 12.1 Å². The molecule has 16 heavy (non-hydrogen) atoms. The van der Waals surface area contributed by atoms with Crippen LogP contribution < -0.4 is 5.73 Å². The summed E-state index contributed by atoms with van der Waals surface area (Å²) in [5.74, 6) is -0.968. The lowest BCUT2D eigenvalue weighted by molar-refractivity contribution is 0.292. The van der Waals surface area contributed by atoms with E-state index in [1.54, 1.807) is 0 Å². The minimum atomic E-state index is -0.596. The molecule has 1 aromatic rings. The van der Waals surface area contributed by atoms with Gasteiger partial charge in [-0.15, -0.1) is 0 Å². The maximum absolute atomic E-state index is 14.0. The van der Waals surface area contributed by atoms with Crippen LogP contribution in [-0.4, -0.2) is 0 Å². The second kappa shape index (κ2) is 4.13. The molecular formula is C13H17F2N. The summed E-state index contributed by atoms with van der Waals surface area (Å²) in [5, 5.41) is 0. The molecule has 1 aromatic carbocycles. The Morgan fingerprint density at radius 1 is 1.12 bits per heavy atom. The van der Waals surface area contributed by atoms with Crippen molar-refractivity contribution in [3.63, 3.8) is 0 Å². The van der Waals surface area contributed by atoms with Crippen LogP contribution in [0.5, 0.6) is 0 Å².